The Morgan fingerprint density at radius 1 is 1.08 bits per heavy atom. The van der Waals surface area contributed by atoms with Gasteiger partial charge in [-0.05, 0) is 43.9 Å². The van der Waals surface area contributed by atoms with Crippen LogP contribution in [0.25, 0.3) is 0 Å². The molecule has 0 radical (unpaired) electrons. The average Bonchev–Trinajstić information content (AvgIpc) is 2.64. The highest BCUT2D eigenvalue weighted by molar-refractivity contribution is 5.95. The fourth-order valence-corrected chi connectivity index (χ4v) is 2.77. The van der Waals surface area contributed by atoms with Crippen LogP contribution in [0, 0.1) is 0 Å². The standard InChI is InChI=1S/C19H29NO4/c1-4-12-23-17-7-6-15(14-18(17)24-13-5-2)19(21)20-10-8-16(22-3)9-11-20/h6-7,14,16H,4-5,8-13H2,1-3H3. The lowest BCUT2D eigenvalue weighted by molar-refractivity contribution is 0.0350. The first-order chi connectivity index (χ1) is 11.7. The van der Waals surface area contributed by atoms with E-state index in [1.807, 2.05) is 23.1 Å². The van der Waals surface area contributed by atoms with Gasteiger partial charge >= 0.3 is 0 Å². The van der Waals surface area contributed by atoms with Crippen LogP contribution < -0.4 is 9.47 Å². The number of likely N-dealkylation sites (tertiary alicyclic amines) is 1. The van der Waals surface area contributed by atoms with Crippen molar-refractivity contribution in [2.24, 2.45) is 0 Å². The average molecular weight is 335 g/mol. The van der Waals surface area contributed by atoms with Crippen LogP contribution in [0.1, 0.15) is 49.9 Å². The van der Waals surface area contributed by atoms with Crippen LogP contribution in [0.5, 0.6) is 11.5 Å². The number of amides is 1. The van der Waals surface area contributed by atoms with E-state index in [9.17, 15) is 4.79 Å². The molecule has 5 heteroatoms. The van der Waals surface area contributed by atoms with Gasteiger partial charge in [0.05, 0.1) is 19.3 Å². The number of piperidine rings is 1. The Morgan fingerprint density at radius 2 is 1.71 bits per heavy atom. The van der Waals surface area contributed by atoms with E-state index in [1.165, 1.54) is 0 Å². The quantitative estimate of drug-likeness (QED) is 0.729. The second-order valence-corrected chi connectivity index (χ2v) is 6.09. The lowest BCUT2D eigenvalue weighted by Gasteiger charge is -2.31. The molecule has 1 heterocycles. The first-order valence-electron chi connectivity index (χ1n) is 8.91. The Morgan fingerprint density at radius 3 is 2.29 bits per heavy atom. The molecular weight excluding hydrogens is 306 g/mol. The van der Waals surface area contributed by atoms with Crippen LogP contribution in [0.4, 0.5) is 0 Å². The molecule has 5 nitrogen and oxygen atoms in total. The highest BCUT2D eigenvalue weighted by Crippen LogP contribution is 2.30. The summed E-state index contributed by atoms with van der Waals surface area (Å²) in [5.41, 5.74) is 0.654. The molecule has 0 saturated carbocycles. The lowest BCUT2D eigenvalue weighted by atomic mass is 10.1. The van der Waals surface area contributed by atoms with Gasteiger partial charge in [0.15, 0.2) is 11.5 Å². The predicted octanol–water partition coefficient (Wildman–Crippen LogP) is 3.52. The zero-order valence-electron chi connectivity index (χ0n) is 15.0. The van der Waals surface area contributed by atoms with Crippen LogP contribution in [-0.2, 0) is 4.74 Å². The summed E-state index contributed by atoms with van der Waals surface area (Å²) in [6.07, 6.45) is 3.89. The van der Waals surface area contributed by atoms with Crippen LogP contribution in [0.15, 0.2) is 18.2 Å². The molecule has 1 aliphatic rings. The monoisotopic (exact) mass is 335 g/mol. The summed E-state index contributed by atoms with van der Waals surface area (Å²) < 4.78 is 16.9. The molecule has 2 rings (SSSR count). The number of benzene rings is 1. The minimum Gasteiger partial charge on any atom is -0.490 e. The molecule has 0 aliphatic carbocycles. The van der Waals surface area contributed by atoms with Gasteiger partial charge in [-0.25, -0.2) is 0 Å². The van der Waals surface area contributed by atoms with E-state index in [-0.39, 0.29) is 12.0 Å². The predicted molar refractivity (Wildman–Crippen MR) is 93.9 cm³/mol. The van der Waals surface area contributed by atoms with Crippen LogP contribution in [0.2, 0.25) is 0 Å². The molecule has 1 saturated heterocycles. The number of hydrogen-bond acceptors (Lipinski definition) is 4. The van der Waals surface area contributed by atoms with Crippen molar-refractivity contribution in [3.8, 4) is 11.5 Å². The number of methoxy groups -OCH3 is 1. The number of rotatable bonds is 8. The maximum absolute atomic E-state index is 12.7. The summed E-state index contributed by atoms with van der Waals surface area (Å²) in [6.45, 7) is 6.84. The number of carbonyl (C=O) groups is 1. The van der Waals surface area contributed by atoms with E-state index in [0.717, 1.165) is 38.8 Å². The molecule has 0 unspecified atom stereocenters. The normalized spacial score (nSPS) is 15.4. The van der Waals surface area contributed by atoms with Gasteiger partial charge in [-0.2, -0.15) is 0 Å². The molecule has 0 bridgehead atoms. The van der Waals surface area contributed by atoms with Gasteiger partial charge in [-0.15, -0.1) is 0 Å². The summed E-state index contributed by atoms with van der Waals surface area (Å²) >= 11 is 0. The number of ether oxygens (including phenoxy) is 3. The van der Waals surface area contributed by atoms with Crippen molar-refractivity contribution in [2.45, 2.75) is 45.6 Å². The van der Waals surface area contributed by atoms with Gasteiger partial charge in [-0.1, -0.05) is 13.8 Å². The summed E-state index contributed by atoms with van der Waals surface area (Å²) in [5, 5.41) is 0. The third kappa shape index (κ3) is 4.87. The topological polar surface area (TPSA) is 48.0 Å². The van der Waals surface area contributed by atoms with E-state index in [2.05, 4.69) is 13.8 Å². The lowest BCUT2D eigenvalue weighted by Crippen LogP contribution is -2.40. The zero-order chi connectivity index (χ0) is 17.4. The molecule has 1 aromatic rings. The van der Waals surface area contributed by atoms with Gasteiger partial charge in [0.25, 0.3) is 5.91 Å². The van der Waals surface area contributed by atoms with Crippen LogP contribution >= 0.6 is 0 Å². The third-order valence-electron chi connectivity index (χ3n) is 4.18. The molecule has 1 aromatic carbocycles. The summed E-state index contributed by atoms with van der Waals surface area (Å²) in [5.74, 6) is 1.41. The van der Waals surface area contributed by atoms with E-state index >= 15 is 0 Å². The van der Waals surface area contributed by atoms with Gasteiger partial charge in [0.2, 0.25) is 0 Å². The summed E-state index contributed by atoms with van der Waals surface area (Å²) in [7, 11) is 1.73. The van der Waals surface area contributed by atoms with Crippen LogP contribution in [-0.4, -0.2) is 50.3 Å². The smallest absolute Gasteiger partial charge is 0.253 e. The molecule has 0 atom stereocenters. The largest absolute Gasteiger partial charge is 0.490 e. The Bertz CT molecular complexity index is 524. The van der Waals surface area contributed by atoms with Gasteiger partial charge in [0.1, 0.15) is 0 Å². The van der Waals surface area contributed by atoms with Crippen molar-refractivity contribution >= 4 is 5.91 Å². The number of nitrogens with zero attached hydrogens (tertiary/aromatic N) is 1. The molecule has 1 fully saturated rings. The maximum atomic E-state index is 12.7. The fraction of sp³-hybridized carbons (Fsp3) is 0.632. The zero-order valence-corrected chi connectivity index (χ0v) is 15.0. The number of carbonyl (C=O) groups excluding carboxylic acids is 1. The van der Waals surface area contributed by atoms with E-state index < -0.39 is 0 Å². The van der Waals surface area contributed by atoms with Crippen molar-refractivity contribution < 1.29 is 19.0 Å². The second-order valence-electron chi connectivity index (χ2n) is 6.09. The molecule has 0 N–H and O–H groups in total. The van der Waals surface area contributed by atoms with Crippen molar-refractivity contribution in [2.75, 3.05) is 33.4 Å². The Hall–Kier alpha value is -1.75. The Labute approximate surface area is 144 Å². The van der Waals surface area contributed by atoms with Gasteiger partial charge < -0.3 is 19.1 Å². The van der Waals surface area contributed by atoms with Crippen molar-refractivity contribution in [3.05, 3.63) is 23.8 Å². The van der Waals surface area contributed by atoms with Gasteiger partial charge in [-0.3, -0.25) is 4.79 Å². The maximum Gasteiger partial charge on any atom is 0.253 e. The summed E-state index contributed by atoms with van der Waals surface area (Å²) in [4.78, 5) is 14.6. The Balaban J connectivity index is 2.09. The first kappa shape index (κ1) is 18.6. The van der Waals surface area contributed by atoms with Crippen molar-refractivity contribution in [3.63, 3.8) is 0 Å². The van der Waals surface area contributed by atoms with E-state index in [1.54, 1.807) is 7.11 Å². The molecule has 24 heavy (non-hydrogen) atoms. The SMILES string of the molecule is CCCOc1ccc(C(=O)N2CCC(OC)CC2)cc1OCCC. The second kappa shape index (κ2) is 9.52. The first-order valence-corrected chi connectivity index (χ1v) is 8.91. The molecule has 1 aliphatic heterocycles. The van der Waals surface area contributed by atoms with Crippen molar-refractivity contribution in [1.29, 1.82) is 0 Å². The minimum absolute atomic E-state index is 0.0490. The minimum atomic E-state index is 0.0490. The van der Waals surface area contributed by atoms with E-state index in [4.69, 9.17) is 14.2 Å². The number of hydrogen-bond donors (Lipinski definition) is 0. The Kier molecular flexibility index (Phi) is 7.37. The highest BCUT2D eigenvalue weighted by Gasteiger charge is 2.24. The molecule has 0 aromatic heterocycles. The molecular formula is C19H29NO4. The fourth-order valence-electron chi connectivity index (χ4n) is 2.77. The van der Waals surface area contributed by atoms with Crippen molar-refractivity contribution in [1.82, 2.24) is 4.90 Å². The highest BCUT2D eigenvalue weighted by atomic mass is 16.5. The third-order valence-corrected chi connectivity index (χ3v) is 4.18. The molecule has 1 amide bonds. The molecule has 134 valence electrons. The van der Waals surface area contributed by atoms with Crippen LogP contribution in [0.3, 0.4) is 0 Å². The summed E-state index contributed by atoms with van der Waals surface area (Å²) in [6, 6.07) is 5.48. The van der Waals surface area contributed by atoms with E-state index in [0.29, 0.717) is 30.3 Å². The molecule has 0 spiro atoms. The van der Waals surface area contributed by atoms with Gasteiger partial charge in [0, 0.05) is 25.8 Å².